The number of amides is 2. The van der Waals surface area contributed by atoms with Crippen molar-refractivity contribution < 1.29 is 18.4 Å². The maximum absolute atomic E-state index is 12.9. The van der Waals surface area contributed by atoms with Gasteiger partial charge in [-0.2, -0.15) is 5.10 Å². The molecule has 1 aromatic carbocycles. The molecule has 9 heteroatoms. The van der Waals surface area contributed by atoms with Crippen LogP contribution in [0.5, 0.6) is 0 Å². The lowest BCUT2D eigenvalue weighted by Gasteiger charge is -2.21. The van der Waals surface area contributed by atoms with Gasteiger partial charge in [0.25, 0.3) is 0 Å². The Bertz CT molecular complexity index is 818. The zero-order chi connectivity index (χ0) is 17.6. The smallest absolute Gasteiger partial charge is 0.238 e. The molecular formula is C16H13FN4O3S. The fourth-order valence-electron chi connectivity index (χ4n) is 2.00. The van der Waals surface area contributed by atoms with Crippen LogP contribution in [0.15, 0.2) is 57.3 Å². The molecule has 3 rings (SSSR count). The van der Waals surface area contributed by atoms with Crippen molar-refractivity contribution in [3.63, 3.8) is 0 Å². The molecule has 1 atom stereocenters. The van der Waals surface area contributed by atoms with Crippen molar-refractivity contribution in [3.05, 3.63) is 54.2 Å². The van der Waals surface area contributed by atoms with Crippen LogP contribution in [0.2, 0.25) is 0 Å². The standard InChI is InChI=1S/C16H13FN4O3S/c17-10-3-5-11(6-4-10)19-15(23)13-8-14(22)20-16(25-13)21-18-9-12-2-1-7-24-12/h1-7,9,13H,8H2,(H,19,23)(H,20,21,22)/b18-9+/t13-/m1/s1. The zero-order valence-corrected chi connectivity index (χ0v) is 13.6. The number of halogens is 1. The minimum atomic E-state index is -0.656. The summed E-state index contributed by atoms with van der Waals surface area (Å²) in [5.41, 5.74) is 0.451. The average molecular weight is 360 g/mol. The molecule has 2 amide bonds. The monoisotopic (exact) mass is 360 g/mol. The van der Waals surface area contributed by atoms with E-state index < -0.39 is 11.1 Å². The van der Waals surface area contributed by atoms with E-state index in [1.807, 2.05) is 0 Å². The highest BCUT2D eigenvalue weighted by atomic mass is 32.2. The molecule has 0 aliphatic carbocycles. The van der Waals surface area contributed by atoms with Gasteiger partial charge in [0.05, 0.1) is 12.5 Å². The number of furan rings is 1. The normalized spacial score (nSPS) is 19.2. The van der Waals surface area contributed by atoms with Crippen LogP contribution in [0, 0.1) is 5.82 Å². The molecule has 1 saturated heterocycles. The Morgan fingerprint density at radius 1 is 1.36 bits per heavy atom. The van der Waals surface area contributed by atoms with E-state index in [2.05, 4.69) is 20.8 Å². The van der Waals surface area contributed by atoms with E-state index in [1.165, 1.54) is 36.7 Å². The number of anilines is 1. The van der Waals surface area contributed by atoms with E-state index in [-0.39, 0.29) is 23.4 Å². The van der Waals surface area contributed by atoms with Crippen molar-refractivity contribution in [1.82, 2.24) is 5.32 Å². The number of rotatable bonds is 4. The first-order valence-electron chi connectivity index (χ1n) is 7.27. The Hall–Kier alpha value is -2.94. The van der Waals surface area contributed by atoms with Crippen LogP contribution in [0.25, 0.3) is 0 Å². The third-order valence-electron chi connectivity index (χ3n) is 3.15. The third kappa shape index (κ3) is 4.77. The van der Waals surface area contributed by atoms with Gasteiger partial charge in [0.1, 0.15) is 16.8 Å². The van der Waals surface area contributed by atoms with Crippen LogP contribution >= 0.6 is 11.8 Å². The Morgan fingerprint density at radius 3 is 2.88 bits per heavy atom. The summed E-state index contributed by atoms with van der Waals surface area (Å²) in [5.74, 6) is -0.575. The fraction of sp³-hybridized carbons (Fsp3) is 0.125. The van der Waals surface area contributed by atoms with Crippen molar-refractivity contribution in [2.45, 2.75) is 11.7 Å². The number of carbonyl (C=O) groups is 2. The SMILES string of the molecule is O=C1C[C@H](C(=O)Nc2ccc(F)cc2)SC(=N/N=C/c2ccco2)N1. The Kier molecular flexibility index (Phi) is 5.24. The first-order valence-corrected chi connectivity index (χ1v) is 8.15. The zero-order valence-electron chi connectivity index (χ0n) is 12.8. The first-order chi connectivity index (χ1) is 12.1. The molecule has 2 aromatic rings. The van der Waals surface area contributed by atoms with Gasteiger partial charge in [-0.15, -0.1) is 5.10 Å². The van der Waals surface area contributed by atoms with Gasteiger partial charge in [-0.05, 0) is 36.4 Å². The lowest BCUT2D eigenvalue weighted by Crippen LogP contribution is -2.41. The van der Waals surface area contributed by atoms with Crippen LogP contribution in [-0.2, 0) is 9.59 Å². The topological polar surface area (TPSA) is 96.1 Å². The molecule has 0 radical (unpaired) electrons. The molecule has 0 bridgehead atoms. The van der Waals surface area contributed by atoms with Gasteiger partial charge >= 0.3 is 0 Å². The summed E-state index contributed by atoms with van der Waals surface area (Å²) in [6.07, 6.45) is 2.90. The van der Waals surface area contributed by atoms with Gasteiger partial charge in [-0.3, -0.25) is 9.59 Å². The van der Waals surface area contributed by atoms with Crippen LogP contribution in [0.4, 0.5) is 10.1 Å². The van der Waals surface area contributed by atoms with E-state index >= 15 is 0 Å². The van der Waals surface area contributed by atoms with Crippen LogP contribution < -0.4 is 10.6 Å². The van der Waals surface area contributed by atoms with Crippen molar-refractivity contribution in [1.29, 1.82) is 0 Å². The molecular weight excluding hydrogens is 347 g/mol. The summed E-state index contributed by atoms with van der Waals surface area (Å²) in [4.78, 5) is 24.1. The molecule has 128 valence electrons. The number of nitrogens with zero attached hydrogens (tertiary/aromatic N) is 2. The largest absolute Gasteiger partial charge is 0.463 e. The maximum Gasteiger partial charge on any atom is 0.238 e. The number of benzene rings is 1. The molecule has 1 aliphatic rings. The third-order valence-corrected chi connectivity index (χ3v) is 4.22. The molecule has 25 heavy (non-hydrogen) atoms. The highest BCUT2D eigenvalue weighted by Crippen LogP contribution is 2.22. The Labute approximate surface area is 146 Å². The molecule has 1 aliphatic heterocycles. The highest BCUT2D eigenvalue weighted by Gasteiger charge is 2.30. The Balaban J connectivity index is 1.64. The summed E-state index contributed by atoms with van der Waals surface area (Å²) >= 11 is 1.09. The fourth-order valence-corrected chi connectivity index (χ4v) is 2.94. The van der Waals surface area contributed by atoms with E-state index in [1.54, 1.807) is 12.1 Å². The molecule has 7 nitrogen and oxygen atoms in total. The second-order valence-corrected chi connectivity index (χ2v) is 6.21. The van der Waals surface area contributed by atoms with Gasteiger partial charge < -0.3 is 15.1 Å². The summed E-state index contributed by atoms with van der Waals surface area (Å²) in [6.45, 7) is 0. The first kappa shape index (κ1) is 16.9. The Morgan fingerprint density at radius 2 is 2.16 bits per heavy atom. The molecule has 2 heterocycles. The van der Waals surface area contributed by atoms with E-state index in [0.29, 0.717) is 11.4 Å². The van der Waals surface area contributed by atoms with Crippen LogP contribution in [0.1, 0.15) is 12.2 Å². The predicted molar refractivity (Wildman–Crippen MR) is 92.9 cm³/mol. The molecule has 0 unspecified atom stereocenters. The number of thioether (sulfide) groups is 1. The summed E-state index contributed by atoms with van der Waals surface area (Å²) < 4.78 is 18.0. The van der Waals surface area contributed by atoms with Crippen molar-refractivity contribution >= 4 is 40.6 Å². The average Bonchev–Trinajstić information content (AvgIpc) is 3.10. The van der Waals surface area contributed by atoms with Gasteiger partial charge in [0.2, 0.25) is 11.8 Å². The van der Waals surface area contributed by atoms with Gasteiger partial charge in [0, 0.05) is 12.1 Å². The van der Waals surface area contributed by atoms with Gasteiger partial charge in [-0.25, -0.2) is 4.39 Å². The van der Waals surface area contributed by atoms with Crippen LogP contribution in [0.3, 0.4) is 0 Å². The predicted octanol–water partition coefficient (Wildman–Crippen LogP) is 2.37. The molecule has 2 N–H and O–H groups in total. The van der Waals surface area contributed by atoms with Crippen molar-refractivity contribution in [2.75, 3.05) is 5.32 Å². The number of amidine groups is 1. The van der Waals surface area contributed by atoms with Gasteiger partial charge in [0.15, 0.2) is 5.17 Å². The number of carbonyl (C=O) groups excluding carboxylic acids is 2. The second kappa shape index (κ2) is 7.75. The van der Waals surface area contributed by atoms with E-state index in [0.717, 1.165) is 11.8 Å². The molecule has 0 saturated carbocycles. The van der Waals surface area contributed by atoms with E-state index in [4.69, 9.17) is 4.42 Å². The lowest BCUT2D eigenvalue weighted by atomic mass is 10.2. The summed E-state index contributed by atoms with van der Waals surface area (Å²) in [6, 6.07) is 8.79. The summed E-state index contributed by atoms with van der Waals surface area (Å²) in [7, 11) is 0. The molecule has 0 spiro atoms. The summed E-state index contributed by atoms with van der Waals surface area (Å²) in [5, 5.41) is 12.5. The van der Waals surface area contributed by atoms with Crippen molar-refractivity contribution in [2.24, 2.45) is 10.2 Å². The van der Waals surface area contributed by atoms with Crippen molar-refractivity contribution in [3.8, 4) is 0 Å². The minimum absolute atomic E-state index is 0.0125. The number of hydrogen-bond acceptors (Lipinski definition) is 6. The lowest BCUT2D eigenvalue weighted by molar-refractivity contribution is -0.123. The van der Waals surface area contributed by atoms with E-state index in [9.17, 15) is 14.0 Å². The van der Waals surface area contributed by atoms with Gasteiger partial charge in [-0.1, -0.05) is 11.8 Å². The minimum Gasteiger partial charge on any atom is -0.463 e. The number of hydrogen-bond donors (Lipinski definition) is 2. The molecule has 1 aromatic heterocycles. The highest BCUT2D eigenvalue weighted by molar-refractivity contribution is 8.15. The quantitative estimate of drug-likeness (QED) is 0.646. The second-order valence-electron chi connectivity index (χ2n) is 5.02. The molecule has 1 fully saturated rings. The maximum atomic E-state index is 12.9. The van der Waals surface area contributed by atoms with Crippen LogP contribution in [-0.4, -0.2) is 28.4 Å². The number of nitrogens with one attached hydrogen (secondary N) is 2.